The highest BCUT2D eigenvalue weighted by Gasteiger charge is 2.38. The van der Waals surface area contributed by atoms with Crippen LogP contribution in [0.4, 0.5) is 26.3 Å². The molecule has 8 heteroatoms. The molecule has 1 nitrogen and oxygen atoms in total. The lowest BCUT2D eigenvalue weighted by Gasteiger charge is -2.26. The second-order valence-electron chi connectivity index (χ2n) is 4.82. The van der Waals surface area contributed by atoms with Crippen molar-refractivity contribution in [3.05, 3.63) is 34.9 Å². The standard InChI is InChI=1S/C13H13F6N.ClH/c14-12(15,16)9-1-2-11(13(17,18)19)10(7-9)8-3-5-20-6-4-8;/h1-2,7-8,20H,3-6H2;1H. The number of nitrogens with one attached hydrogen (secondary N) is 1. The van der Waals surface area contributed by atoms with Gasteiger partial charge in [-0.05, 0) is 55.6 Å². The Bertz CT molecular complexity index is 477. The van der Waals surface area contributed by atoms with Gasteiger partial charge >= 0.3 is 12.4 Å². The number of benzene rings is 1. The summed E-state index contributed by atoms with van der Waals surface area (Å²) in [7, 11) is 0. The average Bonchev–Trinajstić information content (AvgIpc) is 2.37. The summed E-state index contributed by atoms with van der Waals surface area (Å²) < 4.78 is 76.8. The Balaban J connectivity index is 0.00000220. The van der Waals surface area contributed by atoms with Gasteiger partial charge in [-0.1, -0.05) is 0 Å². The van der Waals surface area contributed by atoms with E-state index >= 15 is 0 Å². The number of piperidine rings is 1. The van der Waals surface area contributed by atoms with Gasteiger partial charge in [0.1, 0.15) is 0 Å². The normalized spacial score (nSPS) is 17.4. The first-order chi connectivity index (χ1) is 9.19. The average molecular weight is 334 g/mol. The highest BCUT2D eigenvalue weighted by molar-refractivity contribution is 5.85. The van der Waals surface area contributed by atoms with Crippen LogP contribution in [0.1, 0.15) is 35.4 Å². The summed E-state index contributed by atoms with van der Waals surface area (Å²) in [4.78, 5) is 0. The van der Waals surface area contributed by atoms with E-state index in [4.69, 9.17) is 0 Å². The van der Waals surface area contributed by atoms with Gasteiger partial charge in [0.2, 0.25) is 0 Å². The zero-order chi connectivity index (χ0) is 15.0. The van der Waals surface area contributed by atoms with Gasteiger partial charge in [-0.3, -0.25) is 0 Å². The molecule has 1 aromatic rings. The molecule has 0 amide bonds. The summed E-state index contributed by atoms with van der Waals surface area (Å²) in [6, 6.07) is 1.69. The third-order valence-corrected chi connectivity index (χ3v) is 3.46. The molecule has 0 unspecified atom stereocenters. The van der Waals surface area contributed by atoms with Crippen LogP contribution in [-0.4, -0.2) is 13.1 Å². The predicted octanol–water partition coefficient (Wildman–Crippen LogP) is 4.61. The molecule has 1 saturated heterocycles. The van der Waals surface area contributed by atoms with E-state index < -0.39 is 29.4 Å². The second-order valence-corrected chi connectivity index (χ2v) is 4.82. The molecule has 1 heterocycles. The lowest BCUT2D eigenvalue weighted by molar-refractivity contribution is -0.142. The van der Waals surface area contributed by atoms with Crippen molar-refractivity contribution in [2.24, 2.45) is 0 Å². The summed E-state index contributed by atoms with van der Waals surface area (Å²) in [5.74, 6) is -0.491. The van der Waals surface area contributed by atoms with E-state index in [1.165, 1.54) is 0 Å². The Morgan fingerprint density at radius 1 is 0.905 bits per heavy atom. The van der Waals surface area contributed by atoms with Crippen molar-refractivity contribution < 1.29 is 26.3 Å². The molecule has 0 aromatic heterocycles. The molecule has 2 rings (SSSR count). The van der Waals surface area contributed by atoms with Crippen LogP contribution in [0.3, 0.4) is 0 Å². The van der Waals surface area contributed by atoms with Gasteiger partial charge in [0.25, 0.3) is 0 Å². The van der Waals surface area contributed by atoms with Crippen molar-refractivity contribution in [3.63, 3.8) is 0 Å². The minimum absolute atomic E-state index is 0. The van der Waals surface area contributed by atoms with Crippen LogP contribution in [0.2, 0.25) is 0 Å². The zero-order valence-electron chi connectivity index (χ0n) is 10.8. The minimum atomic E-state index is -4.63. The first-order valence-corrected chi connectivity index (χ1v) is 6.18. The van der Waals surface area contributed by atoms with Gasteiger partial charge in [-0.15, -0.1) is 12.4 Å². The van der Waals surface area contributed by atoms with E-state index in [-0.39, 0.29) is 18.0 Å². The molecule has 0 radical (unpaired) electrons. The Morgan fingerprint density at radius 2 is 1.48 bits per heavy atom. The number of halogens is 7. The van der Waals surface area contributed by atoms with Crippen molar-refractivity contribution in [2.45, 2.75) is 31.1 Å². The van der Waals surface area contributed by atoms with Crippen LogP contribution in [0.25, 0.3) is 0 Å². The van der Waals surface area contributed by atoms with Crippen LogP contribution >= 0.6 is 12.4 Å². The number of alkyl halides is 6. The molecule has 0 atom stereocenters. The molecule has 0 bridgehead atoms. The van der Waals surface area contributed by atoms with Crippen LogP contribution in [-0.2, 0) is 12.4 Å². The van der Waals surface area contributed by atoms with Crippen molar-refractivity contribution in [3.8, 4) is 0 Å². The van der Waals surface area contributed by atoms with Gasteiger partial charge in [0.15, 0.2) is 0 Å². The highest BCUT2D eigenvalue weighted by atomic mass is 35.5. The van der Waals surface area contributed by atoms with Gasteiger partial charge in [-0.25, -0.2) is 0 Å². The Kier molecular flexibility index (Phi) is 5.55. The smallest absolute Gasteiger partial charge is 0.317 e. The lowest BCUT2D eigenvalue weighted by atomic mass is 9.86. The molecular formula is C13H14ClF6N. The summed E-state index contributed by atoms with van der Waals surface area (Å²) in [5.41, 5.74) is -2.23. The first kappa shape index (κ1) is 18.1. The number of rotatable bonds is 1. The molecule has 1 fully saturated rings. The van der Waals surface area contributed by atoms with E-state index in [0.29, 0.717) is 44.1 Å². The largest absolute Gasteiger partial charge is 0.416 e. The van der Waals surface area contributed by atoms with Crippen LogP contribution in [0, 0.1) is 0 Å². The van der Waals surface area contributed by atoms with Crippen molar-refractivity contribution in [1.29, 1.82) is 0 Å². The van der Waals surface area contributed by atoms with E-state index in [2.05, 4.69) is 5.32 Å². The fourth-order valence-corrected chi connectivity index (χ4v) is 2.47. The number of hydrogen-bond donors (Lipinski definition) is 1. The summed E-state index contributed by atoms with van der Waals surface area (Å²) in [6.07, 6.45) is -8.45. The highest BCUT2D eigenvalue weighted by Crippen LogP contribution is 2.41. The molecule has 120 valence electrons. The fraction of sp³-hybridized carbons (Fsp3) is 0.538. The van der Waals surface area contributed by atoms with Gasteiger partial charge in [0, 0.05) is 0 Å². The summed E-state index contributed by atoms with van der Waals surface area (Å²) in [6.45, 7) is 1.02. The molecule has 0 aliphatic carbocycles. The Hall–Kier alpha value is -0.950. The molecule has 1 N–H and O–H groups in total. The summed E-state index contributed by atoms with van der Waals surface area (Å²) >= 11 is 0. The first-order valence-electron chi connectivity index (χ1n) is 6.18. The van der Waals surface area contributed by atoms with Crippen molar-refractivity contribution in [2.75, 3.05) is 13.1 Å². The second kappa shape index (κ2) is 6.44. The maximum atomic E-state index is 12.9. The third kappa shape index (κ3) is 4.26. The van der Waals surface area contributed by atoms with Crippen LogP contribution in [0.5, 0.6) is 0 Å². The molecule has 0 saturated carbocycles. The molecule has 21 heavy (non-hydrogen) atoms. The molecule has 1 aliphatic heterocycles. The van der Waals surface area contributed by atoms with E-state index in [9.17, 15) is 26.3 Å². The predicted molar refractivity (Wildman–Crippen MR) is 68.5 cm³/mol. The minimum Gasteiger partial charge on any atom is -0.317 e. The molecule has 0 spiro atoms. The molecule has 1 aliphatic rings. The van der Waals surface area contributed by atoms with E-state index in [0.717, 1.165) is 0 Å². The zero-order valence-corrected chi connectivity index (χ0v) is 11.6. The van der Waals surface area contributed by atoms with Gasteiger partial charge in [-0.2, -0.15) is 26.3 Å². The maximum absolute atomic E-state index is 12.9. The molecule has 1 aromatic carbocycles. The monoisotopic (exact) mass is 333 g/mol. The van der Waals surface area contributed by atoms with Gasteiger partial charge < -0.3 is 5.32 Å². The van der Waals surface area contributed by atoms with Crippen LogP contribution in [0.15, 0.2) is 18.2 Å². The van der Waals surface area contributed by atoms with E-state index in [1.807, 2.05) is 0 Å². The summed E-state index contributed by atoms with van der Waals surface area (Å²) in [5, 5.41) is 2.98. The number of hydrogen-bond acceptors (Lipinski definition) is 1. The third-order valence-electron chi connectivity index (χ3n) is 3.46. The molecular weight excluding hydrogens is 320 g/mol. The van der Waals surface area contributed by atoms with Crippen molar-refractivity contribution in [1.82, 2.24) is 5.32 Å². The van der Waals surface area contributed by atoms with Crippen molar-refractivity contribution >= 4 is 12.4 Å². The van der Waals surface area contributed by atoms with Gasteiger partial charge in [0.05, 0.1) is 11.1 Å². The fourth-order valence-electron chi connectivity index (χ4n) is 2.47. The Labute approximate surface area is 124 Å². The maximum Gasteiger partial charge on any atom is 0.416 e. The lowest BCUT2D eigenvalue weighted by Crippen LogP contribution is -2.28. The van der Waals surface area contributed by atoms with Crippen LogP contribution < -0.4 is 5.32 Å². The Morgan fingerprint density at radius 3 is 1.95 bits per heavy atom. The topological polar surface area (TPSA) is 12.0 Å². The SMILES string of the molecule is Cl.FC(F)(F)c1ccc(C(F)(F)F)c(C2CCNCC2)c1. The van der Waals surface area contributed by atoms with E-state index in [1.54, 1.807) is 0 Å². The quantitative estimate of drug-likeness (QED) is 0.740.